The first-order valence-corrected chi connectivity index (χ1v) is 13.7. The van der Waals surface area contributed by atoms with Crippen molar-refractivity contribution in [2.24, 2.45) is 4.99 Å². The summed E-state index contributed by atoms with van der Waals surface area (Å²) < 4.78 is 19.4. The predicted molar refractivity (Wildman–Crippen MR) is 160 cm³/mol. The van der Waals surface area contributed by atoms with E-state index < -0.39 is 11.2 Å². The van der Waals surface area contributed by atoms with E-state index >= 15 is 0 Å². The van der Waals surface area contributed by atoms with Gasteiger partial charge < -0.3 is 39.8 Å². The summed E-state index contributed by atoms with van der Waals surface area (Å²) in [5.41, 5.74) is 2.66. The number of ether oxygens (including phenoxy) is 3. The standard InChI is InChI=1S/C30H35N8O4/c1-20-16-21(6-7-24(20)41-22-9-13-38-25(17-22)34-19-35-38)36-27(33-18-31)26-23(8-12-32-26)30(40-5)10-14-37(15-11-30)28(39)42-29(2,3)4/h6-9,12-13,16-19H,10-11,14-15H2,1-5H3,(H2-,31,32,33,36)/q-1. The lowest BCUT2D eigenvalue weighted by atomic mass is 9.83. The smallest absolute Gasteiger partial charge is 0.410 e. The average molecular weight is 572 g/mol. The van der Waals surface area contributed by atoms with E-state index in [9.17, 15) is 10.2 Å². The molecule has 0 unspecified atom stereocenters. The number of piperidine rings is 1. The number of amidine groups is 1. The molecular weight excluding hydrogens is 536 g/mol. The van der Waals surface area contributed by atoms with Gasteiger partial charge in [0.05, 0.1) is 11.3 Å². The number of benzene rings is 1. The second kappa shape index (κ2) is 11.6. The van der Waals surface area contributed by atoms with E-state index in [0.29, 0.717) is 54.6 Å². The van der Waals surface area contributed by atoms with E-state index in [2.05, 4.69) is 25.4 Å². The number of carbonyl (C=O) groups excluding carboxylic acids is 1. The molecule has 0 spiro atoms. The maximum atomic E-state index is 12.6. The van der Waals surface area contributed by atoms with E-state index in [1.54, 1.807) is 22.7 Å². The SMILES string of the molecule is COC1(c2cc[nH]c2C(=NC=[N-])Nc2ccc(Oc3ccn4ncnc4c3)c(C)c2)CCN(C(=O)OC(C)(C)C)CC1. The Kier molecular flexibility index (Phi) is 7.99. The van der Waals surface area contributed by atoms with Crippen LogP contribution in [0.2, 0.25) is 0 Å². The fraction of sp³-hybridized carbons (Fsp3) is 0.367. The van der Waals surface area contributed by atoms with Crippen molar-refractivity contribution in [3.63, 3.8) is 0 Å². The number of aryl methyl sites for hydroxylation is 1. The van der Waals surface area contributed by atoms with E-state index in [0.717, 1.165) is 23.2 Å². The minimum Gasteiger partial charge on any atom is -0.472 e. The number of hydrogen-bond acceptors (Lipinski definition) is 6. The average Bonchev–Trinajstić information content (AvgIpc) is 3.63. The molecule has 42 heavy (non-hydrogen) atoms. The molecular formula is C30H35N8O4-. The van der Waals surface area contributed by atoms with Crippen LogP contribution in [0, 0.1) is 6.92 Å². The lowest BCUT2D eigenvalue weighted by Gasteiger charge is -2.41. The third-order valence-electron chi connectivity index (χ3n) is 7.19. The molecule has 4 heterocycles. The summed E-state index contributed by atoms with van der Waals surface area (Å²) in [7, 11) is 1.67. The van der Waals surface area contributed by atoms with Crippen molar-refractivity contribution >= 4 is 29.6 Å². The van der Waals surface area contributed by atoms with Crippen molar-refractivity contribution in [3.05, 3.63) is 77.3 Å². The van der Waals surface area contributed by atoms with Crippen molar-refractivity contribution < 1.29 is 19.0 Å². The molecule has 0 atom stereocenters. The Bertz CT molecular complexity index is 1610. The fourth-order valence-corrected chi connectivity index (χ4v) is 5.09. The summed E-state index contributed by atoms with van der Waals surface area (Å²) in [5, 5.41) is 17.1. The van der Waals surface area contributed by atoms with Crippen LogP contribution in [0.4, 0.5) is 10.5 Å². The molecule has 2 N–H and O–H groups in total. The van der Waals surface area contributed by atoms with Gasteiger partial charge in [0, 0.05) is 55.7 Å². The number of hydrogen-bond donors (Lipinski definition) is 2. The summed E-state index contributed by atoms with van der Waals surface area (Å²) in [6.45, 7) is 8.47. The van der Waals surface area contributed by atoms with Gasteiger partial charge in [-0.1, -0.05) is 0 Å². The number of rotatable bonds is 7. The van der Waals surface area contributed by atoms with Crippen LogP contribution in [-0.2, 0) is 15.1 Å². The number of H-pyrrole nitrogens is 1. The number of likely N-dealkylation sites (tertiary alicyclic amines) is 1. The van der Waals surface area contributed by atoms with Crippen LogP contribution >= 0.6 is 0 Å². The largest absolute Gasteiger partial charge is 0.472 e. The molecule has 1 aliphatic heterocycles. The molecule has 1 saturated heterocycles. The molecule has 0 aliphatic carbocycles. The maximum Gasteiger partial charge on any atom is 0.410 e. The van der Waals surface area contributed by atoms with E-state index in [1.807, 2.05) is 70.3 Å². The van der Waals surface area contributed by atoms with Gasteiger partial charge in [0.1, 0.15) is 23.4 Å². The highest BCUT2D eigenvalue weighted by Crippen LogP contribution is 2.39. The van der Waals surface area contributed by atoms with E-state index in [-0.39, 0.29) is 6.09 Å². The number of nitrogens with zero attached hydrogens (tertiary/aromatic N) is 6. The van der Waals surface area contributed by atoms with Crippen molar-refractivity contribution in [1.82, 2.24) is 24.5 Å². The van der Waals surface area contributed by atoms with Crippen molar-refractivity contribution in [2.75, 3.05) is 25.5 Å². The number of anilines is 1. The summed E-state index contributed by atoms with van der Waals surface area (Å²) in [6, 6.07) is 11.3. The number of fused-ring (bicyclic) bond motifs is 1. The van der Waals surface area contributed by atoms with Crippen molar-refractivity contribution in [1.29, 1.82) is 0 Å². The van der Waals surface area contributed by atoms with E-state index in [1.165, 1.54) is 6.33 Å². The van der Waals surface area contributed by atoms with Crippen LogP contribution in [0.1, 0.15) is 50.4 Å². The lowest BCUT2D eigenvalue weighted by molar-refractivity contribution is -0.0650. The van der Waals surface area contributed by atoms with Crippen molar-refractivity contribution in [2.45, 2.75) is 51.7 Å². The molecule has 0 radical (unpaired) electrons. The highest BCUT2D eigenvalue weighted by Gasteiger charge is 2.40. The number of amides is 1. The fourth-order valence-electron chi connectivity index (χ4n) is 5.09. The monoisotopic (exact) mass is 571 g/mol. The summed E-state index contributed by atoms with van der Waals surface area (Å²) >= 11 is 0. The molecule has 12 nitrogen and oxygen atoms in total. The normalized spacial score (nSPS) is 15.5. The number of methoxy groups -OCH3 is 1. The first-order valence-electron chi connectivity index (χ1n) is 13.7. The Morgan fingerprint density at radius 2 is 1.98 bits per heavy atom. The predicted octanol–water partition coefficient (Wildman–Crippen LogP) is 5.49. The number of aromatic amines is 1. The molecule has 1 amide bonds. The van der Waals surface area contributed by atoms with Gasteiger partial charge in [-0.15, -0.1) is 6.34 Å². The number of carbonyl (C=O) groups is 1. The Morgan fingerprint density at radius 3 is 2.67 bits per heavy atom. The van der Waals surface area contributed by atoms with Crippen LogP contribution in [-0.4, -0.2) is 68.5 Å². The molecule has 1 fully saturated rings. The maximum absolute atomic E-state index is 12.6. The summed E-state index contributed by atoms with van der Waals surface area (Å²) in [6.07, 6.45) is 6.65. The summed E-state index contributed by atoms with van der Waals surface area (Å²) in [4.78, 5) is 26.0. The van der Waals surface area contributed by atoms with Gasteiger partial charge >= 0.3 is 6.09 Å². The van der Waals surface area contributed by atoms with Crippen molar-refractivity contribution in [3.8, 4) is 11.5 Å². The Hall–Kier alpha value is -4.71. The third-order valence-corrected chi connectivity index (χ3v) is 7.19. The number of pyridine rings is 1. The molecule has 3 aromatic heterocycles. The topological polar surface area (TPSA) is 141 Å². The quantitative estimate of drug-likeness (QED) is 0.221. The van der Waals surface area contributed by atoms with Crippen LogP contribution in [0.5, 0.6) is 11.5 Å². The highest BCUT2D eigenvalue weighted by atomic mass is 16.6. The first-order chi connectivity index (χ1) is 20.1. The number of nitrogens with one attached hydrogen (secondary N) is 2. The molecule has 1 aliphatic rings. The van der Waals surface area contributed by atoms with E-state index in [4.69, 9.17) is 14.2 Å². The Morgan fingerprint density at radius 1 is 1.19 bits per heavy atom. The third kappa shape index (κ3) is 6.13. The first kappa shape index (κ1) is 28.8. The molecule has 1 aromatic carbocycles. The molecule has 0 saturated carbocycles. The van der Waals surface area contributed by atoms with Crippen LogP contribution in [0.15, 0.2) is 60.1 Å². The molecule has 220 valence electrons. The highest BCUT2D eigenvalue weighted by molar-refractivity contribution is 6.11. The van der Waals surface area contributed by atoms with Gasteiger partial charge in [-0.3, -0.25) is 0 Å². The Labute approximate surface area is 244 Å². The minimum atomic E-state index is -0.662. The lowest BCUT2D eigenvalue weighted by Crippen LogP contribution is -2.48. The van der Waals surface area contributed by atoms with Gasteiger partial charge in [0.2, 0.25) is 0 Å². The molecule has 4 aromatic rings. The summed E-state index contributed by atoms with van der Waals surface area (Å²) in [5.74, 6) is 1.75. The van der Waals surface area contributed by atoms with Gasteiger partial charge in [-0.25, -0.2) is 14.3 Å². The Balaban J connectivity index is 1.33. The molecule has 12 heteroatoms. The molecule has 0 bridgehead atoms. The number of aliphatic imine (C=N–C) groups is 1. The second-order valence-corrected chi connectivity index (χ2v) is 11.2. The second-order valence-electron chi connectivity index (χ2n) is 11.2. The van der Waals surface area contributed by atoms with Crippen LogP contribution in [0.3, 0.4) is 0 Å². The van der Waals surface area contributed by atoms with Crippen LogP contribution < -0.4 is 10.1 Å². The zero-order valence-electron chi connectivity index (χ0n) is 24.4. The number of aromatic nitrogens is 4. The minimum absolute atomic E-state index is 0.331. The van der Waals surface area contributed by atoms with Crippen LogP contribution in [0.25, 0.3) is 11.1 Å². The zero-order valence-corrected chi connectivity index (χ0v) is 24.4. The molecule has 5 rings (SSSR count). The van der Waals surface area contributed by atoms with Gasteiger partial charge in [0.15, 0.2) is 5.65 Å². The van der Waals surface area contributed by atoms with Gasteiger partial charge in [0.25, 0.3) is 0 Å². The van der Waals surface area contributed by atoms with Gasteiger partial charge in [-0.2, -0.15) is 5.10 Å². The zero-order chi connectivity index (χ0) is 29.9. The van der Waals surface area contributed by atoms with Gasteiger partial charge in [-0.05, 0) is 76.4 Å².